The maximum atomic E-state index is 4.64. The molecule has 1 aromatic carbocycles. The van der Waals surface area contributed by atoms with Gasteiger partial charge < -0.3 is 5.32 Å². The van der Waals surface area contributed by atoms with E-state index in [9.17, 15) is 0 Å². The van der Waals surface area contributed by atoms with Crippen molar-refractivity contribution in [3.05, 3.63) is 53.9 Å². The summed E-state index contributed by atoms with van der Waals surface area (Å²) in [4.78, 5) is 4.64. The number of anilines is 1. The van der Waals surface area contributed by atoms with E-state index in [0.29, 0.717) is 0 Å². The molecule has 0 atom stereocenters. The Balaban J connectivity index is 2.05. The van der Waals surface area contributed by atoms with E-state index in [1.807, 2.05) is 49.2 Å². The molecule has 96 valence electrons. The van der Waals surface area contributed by atoms with Gasteiger partial charge in [0.25, 0.3) is 0 Å². The molecule has 0 fully saturated rings. The second kappa shape index (κ2) is 4.72. The van der Waals surface area contributed by atoms with E-state index in [4.69, 9.17) is 0 Å². The van der Waals surface area contributed by atoms with Crippen molar-refractivity contribution < 1.29 is 0 Å². The summed E-state index contributed by atoms with van der Waals surface area (Å²) in [6.07, 6.45) is 3.90. The largest absolute Gasteiger partial charge is 0.373 e. The molecule has 4 nitrogen and oxygen atoms in total. The minimum absolute atomic E-state index is 0.724. The summed E-state index contributed by atoms with van der Waals surface area (Å²) in [5.41, 5.74) is 3.32. The molecule has 0 unspecified atom stereocenters. The fourth-order valence-electron chi connectivity index (χ4n) is 2.22. The Morgan fingerprint density at radius 2 is 2.11 bits per heavy atom. The molecular weight excluding hydrogens is 236 g/mol. The molecule has 2 heterocycles. The lowest BCUT2D eigenvalue weighted by Gasteiger charge is -2.10. The fourth-order valence-corrected chi connectivity index (χ4v) is 2.22. The first kappa shape index (κ1) is 11.7. The van der Waals surface area contributed by atoms with Crippen molar-refractivity contribution in [2.45, 2.75) is 13.5 Å². The number of aromatic nitrogens is 3. The van der Waals surface area contributed by atoms with E-state index < -0.39 is 0 Å². The SMILES string of the molecule is CNc1nc2ccccc2cc1Cn1cc(C)cn1. The van der Waals surface area contributed by atoms with E-state index in [0.717, 1.165) is 28.8 Å². The molecular formula is C15H16N4. The third-order valence-electron chi connectivity index (χ3n) is 3.13. The zero-order valence-electron chi connectivity index (χ0n) is 11.1. The molecule has 2 aromatic heterocycles. The van der Waals surface area contributed by atoms with Gasteiger partial charge in [-0.2, -0.15) is 5.10 Å². The van der Waals surface area contributed by atoms with E-state index in [2.05, 4.69) is 27.5 Å². The molecule has 0 saturated carbocycles. The number of nitrogens with one attached hydrogen (secondary N) is 1. The third kappa shape index (κ3) is 2.29. The molecule has 0 aliphatic carbocycles. The summed E-state index contributed by atoms with van der Waals surface area (Å²) in [5.74, 6) is 0.909. The van der Waals surface area contributed by atoms with Crippen LogP contribution in [0.3, 0.4) is 0 Å². The van der Waals surface area contributed by atoms with Crippen molar-refractivity contribution in [2.24, 2.45) is 0 Å². The van der Waals surface area contributed by atoms with Gasteiger partial charge in [0.2, 0.25) is 0 Å². The van der Waals surface area contributed by atoms with Crippen LogP contribution in [0.25, 0.3) is 10.9 Å². The summed E-state index contributed by atoms with van der Waals surface area (Å²) < 4.78 is 1.93. The Kier molecular flexibility index (Phi) is 2.91. The molecule has 0 radical (unpaired) electrons. The Hall–Kier alpha value is -2.36. The maximum absolute atomic E-state index is 4.64. The Morgan fingerprint density at radius 1 is 1.26 bits per heavy atom. The first-order valence-corrected chi connectivity index (χ1v) is 6.32. The number of fused-ring (bicyclic) bond motifs is 1. The van der Waals surface area contributed by atoms with Gasteiger partial charge in [-0.3, -0.25) is 4.68 Å². The lowest BCUT2D eigenvalue weighted by atomic mass is 10.1. The normalized spacial score (nSPS) is 10.8. The topological polar surface area (TPSA) is 42.7 Å². The quantitative estimate of drug-likeness (QED) is 0.779. The van der Waals surface area contributed by atoms with Crippen molar-refractivity contribution >= 4 is 16.7 Å². The lowest BCUT2D eigenvalue weighted by Crippen LogP contribution is -2.05. The summed E-state index contributed by atoms with van der Waals surface area (Å²) in [7, 11) is 1.90. The number of hydrogen-bond acceptors (Lipinski definition) is 3. The highest BCUT2D eigenvalue weighted by atomic mass is 15.3. The standard InChI is InChI=1S/C15H16N4/c1-11-8-17-19(9-11)10-13-7-12-5-3-4-6-14(12)18-15(13)16-2/h3-9H,10H2,1-2H3,(H,16,18). The van der Waals surface area contributed by atoms with Crippen molar-refractivity contribution in [3.8, 4) is 0 Å². The molecule has 0 spiro atoms. The predicted molar refractivity (Wildman–Crippen MR) is 77.4 cm³/mol. The van der Waals surface area contributed by atoms with Crippen LogP contribution in [-0.2, 0) is 6.54 Å². The Labute approximate surface area is 112 Å². The number of para-hydroxylation sites is 1. The van der Waals surface area contributed by atoms with Crippen molar-refractivity contribution in [3.63, 3.8) is 0 Å². The van der Waals surface area contributed by atoms with Crippen LogP contribution in [0, 0.1) is 6.92 Å². The number of rotatable bonds is 3. The summed E-state index contributed by atoms with van der Waals surface area (Å²) in [6.45, 7) is 2.77. The smallest absolute Gasteiger partial charge is 0.131 e. The zero-order valence-corrected chi connectivity index (χ0v) is 11.1. The highest BCUT2D eigenvalue weighted by Gasteiger charge is 2.06. The van der Waals surface area contributed by atoms with Gasteiger partial charge in [-0.15, -0.1) is 0 Å². The molecule has 1 N–H and O–H groups in total. The van der Waals surface area contributed by atoms with Gasteiger partial charge in [0.05, 0.1) is 18.3 Å². The second-order valence-electron chi connectivity index (χ2n) is 4.65. The maximum Gasteiger partial charge on any atom is 0.131 e. The molecule has 19 heavy (non-hydrogen) atoms. The van der Waals surface area contributed by atoms with Crippen LogP contribution < -0.4 is 5.32 Å². The second-order valence-corrected chi connectivity index (χ2v) is 4.65. The van der Waals surface area contributed by atoms with E-state index >= 15 is 0 Å². The van der Waals surface area contributed by atoms with Crippen molar-refractivity contribution in [2.75, 3.05) is 12.4 Å². The van der Waals surface area contributed by atoms with Gasteiger partial charge in [0.15, 0.2) is 0 Å². The average molecular weight is 252 g/mol. The minimum atomic E-state index is 0.724. The molecule has 0 bridgehead atoms. The number of benzene rings is 1. The van der Waals surface area contributed by atoms with E-state index in [1.165, 1.54) is 5.56 Å². The highest BCUT2D eigenvalue weighted by Crippen LogP contribution is 2.20. The van der Waals surface area contributed by atoms with Crippen LogP contribution in [0.4, 0.5) is 5.82 Å². The van der Waals surface area contributed by atoms with E-state index in [-0.39, 0.29) is 0 Å². The lowest BCUT2D eigenvalue weighted by molar-refractivity contribution is 0.686. The van der Waals surface area contributed by atoms with Gasteiger partial charge in [-0.05, 0) is 24.6 Å². The van der Waals surface area contributed by atoms with Crippen LogP contribution in [0.2, 0.25) is 0 Å². The van der Waals surface area contributed by atoms with Crippen molar-refractivity contribution in [1.82, 2.24) is 14.8 Å². The summed E-state index contributed by atoms with van der Waals surface area (Å²) in [5, 5.41) is 8.64. The van der Waals surface area contributed by atoms with Crippen LogP contribution in [-0.4, -0.2) is 21.8 Å². The molecule has 0 aliphatic rings. The highest BCUT2D eigenvalue weighted by molar-refractivity contribution is 5.81. The molecule has 3 rings (SSSR count). The number of nitrogens with zero attached hydrogens (tertiary/aromatic N) is 3. The summed E-state index contributed by atoms with van der Waals surface area (Å²) in [6, 6.07) is 10.3. The van der Waals surface area contributed by atoms with Gasteiger partial charge in [0, 0.05) is 24.2 Å². The Bertz CT molecular complexity index is 715. The number of aryl methyl sites for hydroxylation is 1. The van der Waals surface area contributed by atoms with Crippen LogP contribution in [0.5, 0.6) is 0 Å². The number of hydrogen-bond donors (Lipinski definition) is 1. The molecule has 3 aromatic rings. The summed E-state index contributed by atoms with van der Waals surface area (Å²) >= 11 is 0. The van der Waals surface area contributed by atoms with Gasteiger partial charge in [-0.25, -0.2) is 4.98 Å². The van der Waals surface area contributed by atoms with E-state index in [1.54, 1.807) is 0 Å². The minimum Gasteiger partial charge on any atom is -0.373 e. The van der Waals surface area contributed by atoms with Crippen LogP contribution in [0.15, 0.2) is 42.7 Å². The first-order chi connectivity index (χ1) is 9.26. The van der Waals surface area contributed by atoms with Gasteiger partial charge in [0.1, 0.15) is 5.82 Å². The first-order valence-electron chi connectivity index (χ1n) is 6.32. The predicted octanol–water partition coefficient (Wildman–Crippen LogP) is 2.83. The van der Waals surface area contributed by atoms with Crippen LogP contribution >= 0.6 is 0 Å². The molecule has 0 saturated heterocycles. The van der Waals surface area contributed by atoms with Gasteiger partial charge in [-0.1, -0.05) is 18.2 Å². The molecule has 0 aliphatic heterocycles. The zero-order chi connectivity index (χ0) is 13.2. The average Bonchev–Trinajstić information content (AvgIpc) is 2.83. The molecule has 0 amide bonds. The van der Waals surface area contributed by atoms with Crippen molar-refractivity contribution in [1.29, 1.82) is 0 Å². The van der Waals surface area contributed by atoms with Gasteiger partial charge >= 0.3 is 0 Å². The molecule has 4 heteroatoms. The monoisotopic (exact) mass is 252 g/mol. The Morgan fingerprint density at radius 3 is 2.84 bits per heavy atom. The number of pyridine rings is 1. The van der Waals surface area contributed by atoms with Crippen LogP contribution in [0.1, 0.15) is 11.1 Å². The fraction of sp³-hybridized carbons (Fsp3) is 0.200. The third-order valence-corrected chi connectivity index (χ3v) is 3.13.